The third kappa shape index (κ3) is 12.8. The molecule has 6 aromatic heterocycles. The van der Waals surface area contributed by atoms with Gasteiger partial charge in [0, 0.05) is 79.7 Å². The first-order chi connectivity index (χ1) is 28.0. The van der Waals surface area contributed by atoms with E-state index in [1.807, 2.05) is 6.07 Å². The average Bonchev–Trinajstić information content (AvgIpc) is 3.96. The number of pyridine rings is 2. The van der Waals surface area contributed by atoms with Crippen molar-refractivity contribution >= 4 is 110 Å². The summed E-state index contributed by atoms with van der Waals surface area (Å²) < 4.78 is 64.0. The quantitative estimate of drug-likeness (QED) is 0.0661. The average molecular weight is 993 g/mol. The van der Waals surface area contributed by atoms with E-state index >= 15 is 0 Å². The minimum Gasteiger partial charge on any atom is -0.317 e. The van der Waals surface area contributed by atoms with E-state index in [0.29, 0.717) is 9.71 Å². The molecule has 0 saturated carbocycles. The molecule has 0 fully saturated rings. The van der Waals surface area contributed by atoms with Gasteiger partial charge in [-0.1, -0.05) is 0 Å². The van der Waals surface area contributed by atoms with Gasteiger partial charge in [-0.25, -0.2) is 27.2 Å². The van der Waals surface area contributed by atoms with Crippen LogP contribution in [0.2, 0.25) is 0 Å². The standard InChI is InChI=1S/C16H14F2N4OS2.C15H14N4OS2.2C3H8O2S.Zn/c1-7(23)21-15-11(8-2-4-19-6-10(8)25-15)16-22-12-9(24-16)3-5-20-13(12)14(17)18;1-8(20)18-14-13(9-2-4-17-7-12(9)22-14)15-19-10-6-16-5-3-11(10)21-15;2*1-3(2)6(4)5;/h3,5,14,19H,2,4,6H2,1H3,(H,21,23);3,5-6,17H,2,4,7H2,1H3,(H,18,20);2*3H,1-2H3,(H,4,5);. The van der Waals surface area contributed by atoms with Crippen LogP contribution in [0.3, 0.4) is 0 Å². The maximum atomic E-state index is 13.2. The van der Waals surface area contributed by atoms with Crippen LogP contribution >= 0.6 is 45.3 Å². The molecule has 6 N–H and O–H groups in total. The van der Waals surface area contributed by atoms with Crippen molar-refractivity contribution in [3.63, 3.8) is 0 Å². The maximum absolute atomic E-state index is 13.2. The van der Waals surface area contributed by atoms with Gasteiger partial charge in [-0.05, 0) is 76.9 Å². The van der Waals surface area contributed by atoms with E-state index in [1.54, 1.807) is 75.8 Å². The predicted molar refractivity (Wildman–Crippen MR) is 238 cm³/mol. The molecule has 2 aliphatic heterocycles. The normalized spacial score (nSPS) is 14.1. The Morgan fingerprint density at radius 3 is 1.68 bits per heavy atom. The van der Waals surface area contributed by atoms with Crippen LogP contribution in [0, 0.1) is 0 Å². The second-order valence-electron chi connectivity index (χ2n) is 13.5. The number of fused-ring (bicyclic) bond motifs is 4. The number of alkyl halides is 2. The minimum absolute atomic E-state index is 0. The number of hydrogen-bond donors (Lipinski definition) is 6. The number of anilines is 2. The molecule has 2 atom stereocenters. The Morgan fingerprint density at radius 2 is 1.23 bits per heavy atom. The van der Waals surface area contributed by atoms with Crippen LogP contribution in [0.25, 0.3) is 41.6 Å². The van der Waals surface area contributed by atoms with Crippen LogP contribution in [0.15, 0.2) is 30.7 Å². The number of thiophene rings is 2. The molecule has 6 aromatic rings. The van der Waals surface area contributed by atoms with Crippen LogP contribution in [0.1, 0.15) is 74.5 Å². The molecule has 2 unspecified atom stereocenters. The molecule has 0 radical (unpaired) electrons. The fourth-order valence-corrected chi connectivity index (χ4v) is 10.4. The number of amides is 2. The van der Waals surface area contributed by atoms with Crippen LogP contribution in [-0.4, -0.2) is 72.9 Å². The van der Waals surface area contributed by atoms with Crippen molar-refractivity contribution in [2.45, 2.75) is 84.4 Å². The van der Waals surface area contributed by atoms with E-state index in [1.165, 1.54) is 46.2 Å². The number of nitrogens with one attached hydrogen (secondary N) is 4. The summed E-state index contributed by atoms with van der Waals surface area (Å²) in [6, 6.07) is 3.68. The van der Waals surface area contributed by atoms with Gasteiger partial charge < -0.3 is 30.4 Å². The molecule has 2 amide bonds. The van der Waals surface area contributed by atoms with Crippen molar-refractivity contribution < 1.29 is 55.4 Å². The zero-order valence-electron chi connectivity index (χ0n) is 33.6. The summed E-state index contributed by atoms with van der Waals surface area (Å²) in [5.74, 6) is -0.209. The van der Waals surface area contributed by atoms with E-state index < -0.39 is 28.6 Å². The molecule has 60 heavy (non-hydrogen) atoms. The van der Waals surface area contributed by atoms with Crippen LogP contribution < -0.4 is 21.3 Å². The molecule has 8 rings (SSSR count). The number of hydrogen-bond acceptors (Lipinski definition) is 14. The molecule has 0 spiro atoms. The van der Waals surface area contributed by atoms with Gasteiger partial charge >= 0.3 is 0 Å². The van der Waals surface area contributed by atoms with Crippen molar-refractivity contribution in [3.8, 4) is 21.1 Å². The fraction of sp³-hybridized carbons (Fsp3) is 0.405. The number of rotatable bonds is 7. The van der Waals surface area contributed by atoms with Gasteiger partial charge in [0.25, 0.3) is 6.43 Å². The van der Waals surface area contributed by atoms with Crippen molar-refractivity contribution in [2.75, 3.05) is 23.7 Å². The Bertz CT molecular complexity index is 2420. The van der Waals surface area contributed by atoms with Gasteiger partial charge in [0.05, 0.1) is 26.1 Å². The second-order valence-corrected chi connectivity index (χ2v) is 20.8. The number of aromatic nitrogens is 4. The van der Waals surface area contributed by atoms with E-state index in [9.17, 15) is 26.8 Å². The molecular weight excluding hydrogens is 948 g/mol. The van der Waals surface area contributed by atoms with Crippen LogP contribution in [0.5, 0.6) is 0 Å². The fourth-order valence-electron chi connectivity index (χ4n) is 5.65. The predicted octanol–water partition coefficient (Wildman–Crippen LogP) is 8.22. The van der Waals surface area contributed by atoms with E-state index in [4.69, 9.17) is 14.1 Å². The number of carbonyl (C=O) groups is 2. The first kappa shape index (κ1) is 49.7. The van der Waals surface area contributed by atoms with Crippen molar-refractivity contribution in [1.29, 1.82) is 0 Å². The molecule has 0 aliphatic carbocycles. The number of carbonyl (C=O) groups excluding carboxylic acids is 2. The van der Waals surface area contributed by atoms with E-state index in [2.05, 4.69) is 36.2 Å². The minimum atomic E-state index is -2.67. The SMILES string of the molecule is CC(=O)Nc1sc2c(c1-c1nc3c(C(F)F)nccc3s1)CCNC2.CC(=O)Nc1sc2c(c1-c1nc3cnccc3s1)CCNC2.CC(C)S(=O)O.CC(C)S(=O)O.[Zn]. The molecule has 2 aliphatic rings. The number of halogens is 2. The van der Waals surface area contributed by atoms with Gasteiger partial charge in [0.1, 0.15) is 36.7 Å². The molecular formula is C37H44F2N8O6S6Zn. The topological polar surface area (TPSA) is 208 Å². The van der Waals surface area contributed by atoms with Crippen molar-refractivity contribution in [3.05, 3.63) is 57.3 Å². The molecule has 23 heteroatoms. The molecule has 0 aromatic carbocycles. The molecule has 320 valence electrons. The van der Waals surface area contributed by atoms with Crippen molar-refractivity contribution in [1.82, 2.24) is 30.6 Å². The smallest absolute Gasteiger partial charge is 0.282 e. The maximum Gasteiger partial charge on any atom is 0.282 e. The van der Waals surface area contributed by atoms with E-state index in [0.717, 1.165) is 85.8 Å². The second kappa shape index (κ2) is 22.9. The number of thiazole rings is 2. The largest absolute Gasteiger partial charge is 0.317 e. The summed E-state index contributed by atoms with van der Waals surface area (Å²) in [5.41, 5.74) is 5.26. The molecule has 14 nitrogen and oxygen atoms in total. The van der Waals surface area contributed by atoms with E-state index in [-0.39, 0.29) is 53.0 Å². The number of nitrogens with zero attached hydrogens (tertiary/aromatic N) is 4. The summed E-state index contributed by atoms with van der Waals surface area (Å²) in [7, 11) is 0. The Balaban J connectivity index is 0.000000207. The monoisotopic (exact) mass is 990 g/mol. The van der Waals surface area contributed by atoms with Gasteiger partial charge in [0.2, 0.25) is 11.8 Å². The third-order valence-corrected chi connectivity index (χ3v) is 14.4. The van der Waals surface area contributed by atoms with Gasteiger partial charge in [-0.15, -0.1) is 45.3 Å². The zero-order valence-corrected chi connectivity index (χ0v) is 41.5. The first-order valence-corrected chi connectivity index (χ1v) is 23.9. The van der Waals surface area contributed by atoms with Gasteiger partial charge in [-0.3, -0.25) is 19.6 Å². The van der Waals surface area contributed by atoms with Gasteiger partial charge in [-0.2, -0.15) is 0 Å². The Hall–Kier alpha value is -2.96. The summed E-state index contributed by atoms with van der Waals surface area (Å²) in [6.45, 7) is 13.2. The summed E-state index contributed by atoms with van der Waals surface area (Å²) in [4.78, 5) is 42.7. The van der Waals surface area contributed by atoms with Crippen LogP contribution in [0.4, 0.5) is 18.8 Å². The van der Waals surface area contributed by atoms with Crippen molar-refractivity contribution in [2.24, 2.45) is 0 Å². The Kier molecular flexibility index (Phi) is 19.0. The third-order valence-electron chi connectivity index (χ3n) is 8.40. The summed E-state index contributed by atoms with van der Waals surface area (Å²) in [5, 5.41) is 15.5. The van der Waals surface area contributed by atoms with Crippen LogP contribution in [-0.2, 0) is 77.2 Å². The Morgan fingerprint density at radius 1 is 0.767 bits per heavy atom. The summed E-state index contributed by atoms with van der Waals surface area (Å²) >= 11 is 2.94. The van der Waals surface area contributed by atoms with Gasteiger partial charge in [0.15, 0.2) is 22.2 Å². The summed E-state index contributed by atoms with van der Waals surface area (Å²) in [6.07, 6.45) is 4.06. The molecule has 0 bridgehead atoms. The molecule has 8 heterocycles. The molecule has 0 saturated heterocycles. The zero-order chi connectivity index (χ0) is 43.0. The Labute approximate surface area is 379 Å². The first-order valence-electron chi connectivity index (χ1n) is 18.2.